The van der Waals surface area contributed by atoms with Gasteiger partial charge in [0.2, 0.25) is 10.0 Å². The predicted octanol–water partition coefficient (Wildman–Crippen LogP) is 0.760. The van der Waals surface area contributed by atoms with Crippen LogP contribution in [0.25, 0.3) is 0 Å². The Morgan fingerprint density at radius 2 is 1.86 bits per heavy atom. The number of hydrogen-bond acceptors (Lipinski definition) is 5. The van der Waals surface area contributed by atoms with Crippen LogP contribution in [0, 0.1) is 0 Å². The molecule has 0 bridgehead atoms. The number of benzene rings is 1. The minimum absolute atomic E-state index is 0.163. The van der Waals surface area contributed by atoms with Crippen molar-refractivity contribution in [2.24, 2.45) is 0 Å². The van der Waals surface area contributed by atoms with Gasteiger partial charge in [0.15, 0.2) is 0 Å². The zero-order valence-corrected chi connectivity index (χ0v) is 13.9. The van der Waals surface area contributed by atoms with Gasteiger partial charge < -0.3 is 14.7 Å². The monoisotopic (exact) mass is 316 g/mol. The Morgan fingerprint density at radius 3 is 2.38 bits per heavy atom. The van der Waals surface area contributed by atoms with Crippen molar-refractivity contribution in [2.45, 2.75) is 18.4 Å². The SMILES string of the molecule is CCOc1ccc(S(=O)(=O)N(C)CCN(C)C)cc1CO. The lowest BCUT2D eigenvalue weighted by atomic mass is 10.2. The van der Waals surface area contributed by atoms with E-state index >= 15 is 0 Å². The fourth-order valence-corrected chi connectivity index (χ4v) is 2.99. The van der Waals surface area contributed by atoms with Crippen molar-refractivity contribution in [1.29, 1.82) is 0 Å². The fourth-order valence-electron chi connectivity index (χ4n) is 1.78. The molecular formula is C14H24N2O4S. The maximum absolute atomic E-state index is 12.5. The van der Waals surface area contributed by atoms with Gasteiger partial charge in [-0.05, 0) is 39.2 Å². The third-order valence-electron chi connectivity index (χ3n) is 3.07. The highest BCUT2D eigenvalue weighted by Gasteiger charge is 2.21. The quantitative estimate of drug-likeness (QED) is 0.767. The number of rotatable bonds is 8. The summed E-state index contributed by atoms with van der Waals surface area (Å²) in [5, 5.41) is 9.35. The summed E-state index contributed by atoms with van der Waals surface area (Å²) in [7, 11) is 1.77. The van der Waals surface area contributed by atoms with Gasteiger partial charge in [0.05, 0.1) is 18.1 Å². The molecule has 0 fully saturated rings. The molecule has 0 amide bonds. The largest absolute Gasteiger partial charge is 0.494 e. The van der Waals surface area contributed by atoms with Gasteiger partial charge in [-0.3, -0.25) is 0 Å². The summed E-state index contributed by atoms with van der Waals surface area (Å²) in [6, 6.07) is 4.56. The van der Waals surface area contributed by atoms with Crippen LogP contribution in [-0.4, -0.2) is 63.6 Å². The van der Waals surface area contributed by atoms with Gasteiger partial charge in [0.1, 0.15) is 5.75 Å². The van der Waals surface area contributed by atoms with Gasteiger partial charge >= 0.3 is 0 Å². The average molecular weight is 316 g/mol. The van der Waals surface area contributed by atoms with Crippen molar-refractivity contribution in [3.63, 3.8) is 0 Å². The standard InChI is InChI=1S/C14H24N2O4S/c1-5-20-14-7-6-13(10-12(14)11-17)21(18,19)16(4)9-8-15(2)3/h6-7,10,17H,5,8-9,11H2,1-4H3. The normalized spacial score (nSPS) is 12.1. The third kappa shape index (κ3) is 4.67. The highest BCUT2D eigenvalue weighted by atomic mass is 32.2. The van der Waals surface area contributed by atoms with Crippen LogP contribution in [0.2, 0.25) is 0 Å². The average Bonchev–Trinajstić information content (AvgIpc) is 2.45. The minimum atomic E-state index is -3.56. The molecule has 0 heterocycles. The molecule has 7 heteroatoms. The van der Waals surface area contributed by atoms with E-state index in [-0.39, 0.29) is 11.5 Å². The summed E-state index contributed by atoms with van der Waals surface area (Å²) in [5.74, 6) is 0.509. The van der Waals surface area contributed by atoms with Crippen molar-refractivity contribution >= 4 is 10.0 Å². The van der Waals surface area contributed by atoms with Crippen molar-refractivity contribution in [3.05, 3.63) is 23.8 Å². The lowest BCUT2D eigenvalue weighted by Crippen LogP contribution is -2.33. The first-order valence-electron chi connectivity index (χ1n) is 6.80. The summed E-state index contributed by atoms with van der Waals surface area (Å²) < 4.78 is 31.6. The third-order valence-corrected chi connectivity index (χ3v) is 4.93. The highest BCUT2D eigenvalue weighted by Crippen LogP contribution is 2.24. The van der Waals surface area contributed by atoms with Gasteiger partial charge in [0, 0.05) is 25.7 Å². The van der Waals surface area contributed by atoms with Crippen LogP contribution in [0.1, 0.15) is 12.5 Å². The van der Waals surface area contributed by atoms with E-state index in [1.54, 1.807) is 13.1 Å². The smallest absolute Gasteiger partial charge is 0.242 e. The lowest BCUT2D eigenvalue weighted by Gasteiger charge is -2.20. The molecule has 0 atom stereocenters. The fraction of sp³-hybridized carbons (Fsp3) is 0.571. The lowest BCUT2D eigenvalue weighted by molar-refractivity contribution is 0.266. The molecular weight excluding hydrogens is 292 g/mol. The van der Waals surface area contributed by atoms with Gasteiger partial charge in [-0.1, -0.05) is 0 Å². The molecule has 120 valence electrons. The Morgan fingerprint density at radius 1 is 1.19 bits per heavy atom. The second kappa shape index (κ2) is 7.74. The summed E-state index contributed by atoms with van der Waals surface area (Å²) in [6.07, 6.45) is 0. The second-order valence-corrected chi connectivity index (χ2v) is 7.04. The van der Waals surface area contributed by atoms with E-state index in [9.17, 15) is 13.5 Å². The molecule has 1 aromatic rings. The van der Waals surface area contributed by atoms with E-state index < -0.39 is 10.0 Å². The number of aliphatic hydroxyl groups is 1. The van der Waals surface area contributed by atoms with E-state index in [4.69, 9.17) is 4.74 Å². The summed E-state index contributed by atoms with van der Waals surface area (Å²) >= 11 is 0. The van der Waals surface area contributed by atoms with E-state index in [2.05, 4.69) is 0 Å². The van der Waals surface area contributed by atoms with Crippen LogP contribution in [0.15, 0.2) is 23.1 Å². The van der Waals surface area contributed by atoms with Crippen molar-refractivity contribution in [1.82, 2.24) is 9.21 Å². The predicted molar refractivity (Wildman–Crippen MR) is 81.9 cm³/mol. The van der Waals surface area contributed by atoms with Gasteiger partial charge in [-0.2, -0.15) is 4.31 Å². The van der Waals surface area contributed by atoms with Crippen molar-refractivity contribution in [2.75, 3.05) is 40.8 Å². The van der Waals surface area contributed by atoms with Crippen LogP contribution in [0.3, 0.4) is 0 Å². The number of nitrogens with zero attached hydrogens (tertiary/aromatic N) is 2. The summed E-state index contributed by atoms with van der Waals surface area (Å²) in [4.78, 5) is 2.08. The number of hydrogen-bond donors (Lipinski definition) is 1. The number of aliphatic hydroxyl groups excluding tert-OH is 1. The molecule has 0 saturated heterocycles. The molecule has 0 unspecified atom stereocenters. The zero-order valence-electron chi connectivity index (χ0n) is 13.0. The maximum atomic E-state index is 12.5. The molecule has 0 spiro atoms. The van der Waals surface area contributed by atoms with E-state index in [1.165, 1.54) is 16.4 Å². The molecule has 0 aliphatic rings. The van der Waals surface area contributed by atoms with Crippen LogP contribution < -0.4 is 4.74 Å². The Labute approximate surface area is 127 Å². The summed E-state index contributed by atoms with van der Waals surface area (Å²) in [5.41, 5.74) is 0.471. The first-order chi connectivity index (χ1) is 9.82. The first kappa shape index (κ1) is 17.9. The van der Waals surface area contributed by atoms with Gasteiger partial charge in [-0.15, -0.1) is 0 Å². The van der Waals surface area contributed by atoms with E-state index in [0.29, 0.717) is 31.0 Å². The van der Waals surface area contributed by atoms with E-state index in [1.807, 2.05) is 25.9 Å². The first-order valence-corrected chi connectivity index (χ1v) is 8.24. The van der Waals surface area contributed by atoms with Crippen molar-refractivity contribution in [3.8, 4) is 5.75 Å². The second-order valence-electron chi connectivity index (χ2n) is 4.99. The topological polar surface area (TPSA) is 70.1 Å². The molecule has 1 aromatic carbocycles. The Bertz CT molecular complexity index is 558. The Kier molecular flexibility index (Phi) is 6.60. The molecule has 6 nitrogen and oxygen atoms in total. The van der Waals surface area contributed by atoms with Crippen LogP contribution in [-0.2, 0) is 16.6 Å². The molecule has 0 saturated carbocycles. The Hall–Kier alpha value is -1.15. The van der Waals surface area contributed by atoms with Crippen LogP contribution >= 0.6 is 0 Å². The highest BCUT2D eigenvalue weighted by molar-refractivity contribution is 7.89. The number of likely N-dealkylation sites (N-methyl/N-ethyl adjacent to an activating group) is 2. The number of ether oxygens (including phenoxy) is 1. The molecule has 21 heavy (non-hydrogen) atoms. The molecule has 0 aliphatic carbocycles. The zero-order chi connectivity index (χ0) is 16.0. The maximum Gasteiger partial charge on any atom is 0.242 e. The van der Waals surface area contributed by atoms with Crippen LogP contribution in [0.5, 0.6) is 5.75 Å². The van der Waals surface area contributed by atoms with E-state index in [0.717, 1.165) is 0 Å². The minimum Gasteiger partial charge on any atom is -0.494 e. The molecule has 1 rings (SSSR count). The molecule has 0 aromatic heterocycles. The molecule has 0 aliphatic heterocycles. The van der Waals surface area contributed by atoms with Crippen LogP contribution in [0.4, 0.5) is 0 Å². The van der Waals surface area contributed by atoms with Gasteiger partial charge in [0.25, 0.3) is 0 Å². The van der Waals surface area contributed by atoms with Crippen molar-refractivity contribution < 1.29 is 18.3 Å². The molecule has 1 N–H and O–H groups in total. The number of sulfonamides is 1. The Balaban J connectivity index is 3.02. The molecule has 0 radical (unpaired) electrons. The van der Waals surface area contributed by atoms with Gasteiger partial charge in [-0.25, -0.2) is 8.42 Å². The summed E-state index contributed by atoms with van der Waals surface area (Å²) in [6.45, 7) is 3.07.